The van der Waals surface area contributed by atoms with Crippen LogP contribution in [0.3, 0.4) is 0 Å². The van der Waals surface area contributed by atoms with Crippen LogP contribution in [-0.2, 0) is 14.9 Å². The maximum absolute atomic E-state index is 13.0. The summed E-state index contributed by atoms with van der Waals surface area (Å²) in [5, 5.41) is 0.833. The van der Waals surface area contributed by atoms with Crippen LogP contribution in [0.4, 0.5) is 0 Å². The highest BCUT2D eigenvalue weighted by molar-refractivity contribution is 7.16. The topological polar surface area (TPSA) is 59.5 Å². The van der Waals surface area contributed by atoms with E-state index < -0.39 is 5.41 Å². The number of esters is 1. The van der Waals surface area contributed by atoms with Gasteiger partial charge in [0.1, 0.15) is 9.88 Å². The Morgan fingerprint density at radius 3 is 2.24 bits per heavy atom. The molecule has 1 aliphatic rings. The van der Waals surface area contributed by atoms with Gasteiger partial charge < -0.3 is 9.64 Å². The maximum atomic E-state index is 13.0. The van der Waals surface area contributed by atoms with E-state index in [1.807, 2.05) is 65.6 Å². The van der Waals surface area contributed by atoms with E-state index in [2.05, 4.69) is 4.98 Å². The molecule has 0 aliphatic carbocycles. The Morgan fingerprint density at radius 1 is 1.00 bits per heavy atom. The van der Waals surface area contributed by atoms with Crippen molar-refractivity contribution in [2.45, 2.75) is 18.3 Å². The number of nitrogens with zero attached hydrogens (tertiary/aromatic N) is 2. The number of carbonyl (C=O) groups is 2. The second-order valence-corrected chi connectivity index (χ2v) is 8.16. The number of benzene rings is 2. The van der Waals surface area contributed by atoms with Gasteiger partial charge in [0.2, 0.25) is 0 Å². The molecule has 2 aromatic carbocycles. The molecule has 0 bridgehead atoms. The molecule has 1 aliphatic heterocycles. The molecule has 1 aromatic heterocycles. The predicted molar refractivity (Wildman–Crippen MR) is 113 cm³/mol. The summed E-state index contributed by atoms with van der Waals surface area (Å²) < 4.78 is 5.13. The number of rotatable bonds is 4. The molecular formula is C23H22N2O3S. The van der Waals surface area contributed by atoms with E-state index in [0.29, 0.717) is 30.8 Å². The Morgan fingerprint density at radius 2 is 1.62 bits per heavy atom. The third kappa shape index (κ3) is 3.68. The molecule has 2 heterocycles. The van der Waals surface area contributed by atoms with Gasteiger partial charge in [0.15, 0.2) is 0 Å². The predicted octanol–water partition coefficient (Wildman–Crippen LogP) is 4.16. The Labute approximate surface area is 174 Å². The summed E-state index contributed by atoms with van der Waals surface area (Å²) in [6, 6.07) is 19.6. The van der Waals surface area contributed by atoms with Crippen molar-refractivity contribution in [2.24, 2.45) is 0 Å². The van der Waals surface area contributed by atoms with Gasteiger partial charge in [-0.1, -0.05) is 60.7 Å². The fourth-order valence-electron chi connectivity index (χ4n) is 3.90. The number of methoxy groups -OCH3 is 1. The first-order chi connectivity index (χ1) is 14.1. The molecule has 29 heavy (non-hydrogen) atoms. The number of aromatic nitrogens is 1. The van der Waals surface area contributed by atoms with Crippen LogP contribution >= 0.6 is 11.3 Å². The van der Waals surface area contributed by atoms with Crippen molar-refractivity contribution in [3.63, 3.8) is 0 Å². The zero-order valence-corrected chi connectivity index (χ0v) is 17.0. The molecule has 0 unspecified atom stereocenters. The first-order valence-corrected chi connectivity index (χ1v) is 10.4. The highest BCUT2D eigenvalue weighted by atomic mass is 32.1. The standard InChI is InChI=1S/C23H22N2O3S/c1-28-22(27)23(18-10-6-3-7-11-18)12-14-25(15-13-23)21(26)19-16-24-20(29-19)17-8-4-2-5-9-17/h2-11,16H,12-15H2,1H3. The quantitative estimate of drug-likeness (QED) is 0.611. The summed E-state index contributed by atoms with van der Waals surface area (Å²) in [6.07, 6.45) is 2.73. The smallest absolute Gasteiger partial charge is 0.316 e. The summed E-state index contributed by atoms with van der Waals surface area (Å²) in [5.41, 5.74) is 1.25. The monoisotopic (exact) mass is 406 g/mol. The summed E-state index contributed by atoms with van der Waals surface area (Å²) in [5.74, 6) is -0.267. The molecule has 6 heteroatoms. The van der Waals surface area contributed by atoms with E-state index in [1.54, 1.807) is 6.20 Å². The molecule has 0 N–H and O–H groups in total. The molecule has 0 radical (unpaired) electrons. The van der Waals surface area contributed by atoms with Crippen molar-refractivity contribution < 1.29 is 14.3 Å². The number of amides is 1. The van der Waals surface area contributed by atoms with Crippen molar-refractivity contribution >= 4 is 23.2 Å². The van der Waals surface area contributed by atoms with E-state index in [0.717, 1.165) is 16.1 Å². The van der Waals surface area contributed by atoms with Crippen LogP contribution in [-0.4, -0.2) is 42.0 Å². The zero-order valence-electron chi connectivity index (χ0n) is 16.2. The Balaban J connectivity index is 1.51. The van der Waals surface area contributed by atoms with Crippen LogP contribution in [0, 0.1) is 0 Å². The Hall–Kier alpha value is -2.99. The minimum absolute atomic E-state index is 0.0313. The number of thiazole rings is 1. The van der Waals surface area contributed by atoms with Gasteiger partial charge in [0.05, 0.1) is 18.7 Å². The Bertz CT molecular complexity index is 993. The first kappa shape index (κ1) is 19.3. The minimum atomic E-state index is -0.699. The van der Waals surface area contributed by atoms with Crippen molar-refractivity contribution in [3.8, 4) is 10.6 Å². The van der Waals surface area contributed by atoms with Crippen LogP contribution in [0.15, 0.2) is 66.9 Å². The summed E-state index contributed by atoms with van der Waals surface area (Å²) in [6.45, 7) is 1.00. The van der Waals surface area contributed by atoms with Crippen LogP contribution in [0.1, 0.15) is 28.1 Å². The van der Waals surface area contributed by atoms with E-state index in [4.69, 9.17) is 4.74 Å². The van der Waals surface area contributed by atoms with Gasteiger partial charge in [0, 0.05) is 18.7 Å². The van der Waals surface area contributed by atoms with Crippen LogP contribution in [0.25, 0.3) is 10.6 Å². The van der Waals surface area contributed by atoms with E-state index in [1.165, 1.54) is 18.4 Å². The van der Waals surface area contributed by atoms with Crippen LogP contribution < -0.4 is 0 Å². The van der Waals surface area contributed by atoms with Crippen molar-refractivity contribution in [1.82, 2.24) is 9.88 Å². The third-order valence-electron chi connectivity index (χ3n) is 5.54. The van der Waals surface area contributed by atoms with E-state index in [9.17, 15) is 9.59 Å². The van der Waals surface area contributed by atoms with Crippen molar-refractivity contribution in [2.75, 3.05) is 20.2 Å². The molecule has 0 spiro atoms. The number of likely N-dealkylation sites (tertiary alicyclic amines) is 1. The number of piperidine rings is 1. The van der Waals surface area contributed by atoms with E-state index in [-0.39, 0.29) is 11.9 Å². The molecule has 1 amide bonds. The molecule has 0 atom stereocenters. The maximum Gasteiger partial charge on any atom is 0.316 e. The van der Waals surface area contributed by atoms with Gasteiger partial charge in [-0.3, -0.25) is 9.59 Å². The average Bonchev–Trinajstić information content (AvgIpc) is 3.29. The third-order valence-corrected chi connectivity index (χ3v) is 6.58. The van der Waals surface area contributed by atoms with E-state index >= 15 is 0 Å². The van der Waals surface area contributed by atoms with Gasteiger partial charge >= 0.3 is 5.97 Å². The number of ether oxygens (including phenoxy) is 1. The van der Waals surface area contributed by atoms with Gasteiger partial charge in [-0.2, -0.15) is 0 Å². The largest absolute Gasteiger partial charge is 0.468 e. The lowest BCUT2D eigenvalue weighted by Gasteiger charge is -2.39. The fourth-order valence-corrected chi connectivity index (χ4v) is 4.79. The van der Waals surface area contributed by atoms with Gasteiger partial charge in [0.25, 0.3) is 5.91 Å². The molecule has 1 saturated heterocycles. The van der Waals surface area contributed by atoms with Crippen LogP contribution in [0.2, 0.25) is 0 Å². The molecule has 3 aromatic rings. The van der Waals surface area contributed by atoms with Gasteiger partial charge in [-0.05, 0) is 18.4 Å². The lowest BCUT2D eigenvalue weighted by molar-refractivity contribution is -0.149. The Kier molecular flexibility index (Phi) is 5.45. The molecule has 0 saturated carbocycles. The summed E-state index contributed by atoms with van der Waals surface area (Å²) in [4.78, 5) is 32.5. The molecule has 4 rings (SSSR count). The second kappa shape index (κ2) is 8.17. The number of hydrogen-bond donors (Lipinski definition) is 0. The van der Waals surface area contributed by atoms with Crippen LogP contribution in [0.5, 0.6) is 0 Å². The second-order valence-electron chi connectivity index (χ2n) is 7.13. The summed E-state index contributed by atoms with van der Waals surface area (Å²) >= 11 is 1.40. The zero-order chi connectivity index (χ0) is 20.3. The molecule has 5 nitrogen and oxygen atoms in total. The lowest BCUT2D eigenvalue weighted by Crippen LogP contribution is -2.49. The van der Waals surface area contributed by atoms with Crippen molar-refractivity contribution in [3.05, 3.63) is 77.3 Å². The minimum Gasteiger partial charge on any atom is -0.468 e. The highest BCUT2D eigenvalue weighted by Gasteiger charge is 2.44. The lowest BCUT2D eigenvalue weighted by atomic mass is 9.72. The highest BCUT2D eigenvalue weighted by Crippen LogP contribution is 2.37. The van der Waals surface area contributed by atoms with Gasteiger partial charge in [-0.15, -0.1) is 11.3 Å². The number of hydrogen-bond acceptors (Lipinski definition) is 5. The SMILES string of the molecule is COC(=O)C1(c2ccccc2)CCN(C(=O)c2cnc(-c3ccccc3)s2)CC1. The number of carbonyl (C=O) groups excluding carboxylic acids is 2. The van der Waals surface area contributed by atoms with Crippen molar-refractivity contribution in [1.29, 1.82) is 0 Å². The molecule has 1 fully saturated rings. The first-order valence-electron chi connectivity index (χ1n) is 9.58. The molecular weight excluding hydrogens is 384 g/mol. The fraction of sp³-hybridized carbons (Fsp3) is 0.261. The van der Waals surface area contributed by atoms with Gasteiger partial charge in [-0.25, -0.2) is 4.98 Å². The normalized spacial score (nSPS) is 15.7. The average molecular weight is 407 g/mol. The summed E-state index contributed by atoms with van der Waals surface area (Å²) in [7, 11) is 1.42. The molecule has 148 valence electrons.